The van der Waals surface area contributed by atoms with Crippen LogP contribution < -0.4 is 5.73 Å². The maximum atomic E-state index is 11.7. The third kappa shape index (κ3) is 6.74. The lowest BCUT2D eigenvalue weighted by atomic mass is 10.5. The quantitative estimate of drug-likeness (QED) is 0.377. The first-order chi connectivity index (χ1) is 7.08. The Morgan fingerprint density at radius 3 is 2.27 bits per heavy atom. The van der Waals surface area contributed by atoms with Gasteiger partial charge in [-0.05, 0) is 13.0 Å². The standard InChI is InChI=1S/C7H17Cl2N2O3P/c8-2-5-11(6-3-9)15(12,13)14-7-1-4-10/h1-7,10H2,(H,12,13). The molecule has 92 valence electrons. The Balaban J connectivity index is 4.15. The van der Waals surface area contributed by atoms with Crippen molar-refractivity contribution >= 4 is 30.9 Å². The molecule has 0 rings (SSSR count). The Bertz CT molecular complexity index is 203. The largest absolute Gasteiger partial charge is 0.405 e. The molecule has 1 atom stereocenters. The van der Waals surface area contributed by atoms with Gasteiger partial charge in [0.2, 0.25) is 0 Å². The molecule has 0 aliphatic rings. The van der Waals surface area contributed by atoms with Crippen molar-refractivity contribution in [1.29, 1.82) is 0 Å². The molecule has 0 saturated carbocycles. The first kappa shape index (κ1) is 15.7. The number of rotatable bonds is 9. The molecule has 0 fully saturated rings. The molecule has 0 aromatic heterocycles. The molecule has 3 N–H and O–H groups in total. The summed E-state index contributed by atoms with van der Waals surface area (Å²) in [5.74, 6) is 0.503. The van der Waals surface area contributed by atoms with Crippen molar-refractivity contribution in [2.45, 2.75) is 6.42 Å². The third-order valence-corrected chi connectivity index (χ3v) is 3.62. The van der Waals surface area contributed by atoms with E-state index in [-0.39, 0.29) is 31.5 Å². The molecule has 1 unspecified atom stereocenters. The van der Waals surface area contributed by atoms with E-state index in [2.05, 4.69) is 0 Å². The van der Waals surface area contributed by atoms with Crippen LogP contribution in [-0.4, -0.2) is 47.6 Å². The average Bonchev–Trinajstić information content (AvgIpc) is 2.18. The van der Waals surface area contributed by atoms with Crippen LogP contribution in [0.3, 0.4) is 0 Å². The number of hydrogen-bond acceptors (Lipinski definition) is 3. The highest BCUT2D eigenvalue weighted by Crippen LogP contribution is 2.45. The van der Waals surface area contributed by atoms with Crippen LogP contribution in [0, 0.1) is 0 Å². The summed E-state index contributed by atoms with van der Waals surface area (Å²) in [4.78, 5) is 9.56. The summed E-state index contributed by atoms with van der Waals surface area (Å²) in [6, 6.07) is 0. The van der Waals surface area contributed by atoms with Crippen molar-refractivity contribution in [3.63, 3.8) is 0 Å². The van der Waals surface area contributed by atoms with Gasteiger partial charge in [0.25, 0.3) is 0 Å². The predicted molar refractivity (Wildman–Crippen MR) is 62.5 cm³/mol. The highest BCUT2D eigenvalue weighted by Gasteiger charge is 2.28. The lowest BCUT2D eigenvalue weighted by Gasteiger charge is -2.24. The summed E-state index contributed by atoms with van der Waals surface area (Å²) >= 11 is 11.0. The first-order valence-electron chi connectivity index (χ1n) is 4.63. The van der Waals surface area contributed by atoms with Crippen molar-refractivity contribution < 1.29 is 14.0 Å². The van der Waals surface area contributed by atoms with Gasteiger partial charge in [0.1, 0.15) is 0 Å². The van der Waals surface area contributed by atoms with E-state index in [0.717, 1.165) is 0 Å². The van der Waals surface area contributed by atoms with Crippen LogP contribution in [0.5, 0.6) is 0 Å². The monoisotopic (exact) mass is 278 g/mol. The van der Waals surface area contributed by atoms with Gasteiger partial charge >= 0.3 is 7.75 Å². The Morgan fingerprint density at radius 1 is 1.33 bits per heavy atom. The molecule has 8 heteroatoms. The fourth-order valence-corrected chi connectivity index (χ4v) is 2.79. The highest BCUT2D eigenvalue weighted by atomic mass is 35.5. The lowest BCUT2D eigenvalue weighted by Crippen LogP contribution is -2.26. The van der Waals surface area contributed by atoms with E-state index in [0.29, 0.717) is 13.0 Å². The van der Waals surface area contributed by atoms with Gasteiger partial charge in [0.05, 0.1) is 6.61 Å². The van der Waals surface area contributed by atoms with Crippen LogP contribution in [0.25, 0.3) is 0 Å². The average molecular weight is 279 g/mol. The Labute approximate surface area is 100 Å². The van der Waals surface area contributed by atoms with Crippen molar-refractivity contribution in [1.82, 2.24) is 4.67 Å². The Hall–Kier alpha value is 0.650. The molecule has 5 nitrogen and oxygen atoms in total. The first-order valence-corrected chi connectivity index (χ1v) is 7.23. The second-order valence-electron chi connectivity index (χ2n) is 2.80. The fraction of sp³-hybridized carbons (Fsp3) is 1.00. The maximum Gasteiger partial charge on any atom is 0.405 e. The van der Waals surface area contributed by atoms with Crippen molar-refractivity contribution in [2.24, 2.45) is 5.73 Å². The Kier molecular flexibility index (Phi) is 9.14. The van der Waals surface area contributed by atoms with Crippen LogP contribution in [0.2, 0.25) is 0 Å². The number of nitrogens with zero attached hydrogens (tertiary/aromatic N) is 1. The second kappa shape index (κ2) is 8.76. The molecule has 0 bridgehead atoms. The number of nitrogens with two attached hydrogens (primary N) is 1. The minimum absolute atomic E-state index is 0.158. The van der Waals surface area contributed by atoms with Crippen LogP contribution in [0.4, 0.5) is 0 Å². The molecular weight excluding hydrogens is 262 g/mol. The molecule has 0 heterocycles. The maximum absolute atomic E-state index is 11.7. The summed E-state index contributed by atoms with van der Waals surface area (Å²) in [7, 11) is -3.76. The molecule has 0 aromatic carbocycles. The van der Waals surface area contributed by atoms with Crippen LogP contribution in [0.15, 0.2) is 0 Å². The van der Waals surface area contributed by atoms with E-state index in [4.69, 9.17) is 33.5 Å². The molecule has 15 heavy (non-hydrogen) atoms. The lowest BCUT2D eigenvalue weighted by molar-refractivity contribution is 0.206. The van der Waals surface area contributed by atoms with Crippen LogP contribution in [-0.2, 0) is 9.09 Å². The molecule has 0 spiro atoms. The van der Waals surface area contributed by atoms with Crippen molar-refractivity contribution in [3.8, 4) is 0 Å². The number of alkyl halides is 2. The molecular formula is C7H17Cl2N2O3P. The summed E-state index contributed by atoms with van der Waals surface area (Å²) in [5.41, 5.74) is 5.24. The number of hydrogen-bond donors (Lipinski definition) is 2. The van der Waals surface area contributed by atoms with Crippen molar-refractivity contribution in [2.75, 3.05) is 38.0 Å². The fourth-order valence-electron chi connectivity index (χ4n) is 0.908. The molecule has 0 aromatic rings. The molecule has 0 saturated heterocycles. The SMILES string of the molecule is NCCCOP(=O)(O)N(CCCl)CCCl. The zero-order valence-corrected chi connectivity index (χ0v) is 10.8. The molecule has 0 radical (unpaired) electrons. The van der Waals surface area contributed by atoms with Gasteiger partial charge in [-0.25, -0.2) is 9.24 Å². The van der Waals surface area contributed by atoms with Gasteiger partial charge in [-0.2, -0.15) is 0 Å². The van der Waals surface area contributed by atoms with Crippen LogP contribution in [0.1, 0.15) is 6.42 Å². The van der Waals surface area contributed by atoms with Gasteiger partial charge in [0, 0.05) is 24.8 Å². The Morgan fingerprint density at radius 2 is 1.87 bits per heavy atom. The minimum Gasteiger partial charge on any atom is -0.330 e. The zero-order chi connectivity index (χ0) is 11.7. The van der Waals surface area contributed by atoms with E-state index in [1.54, 1.807) is 0 Å². The van der Waals surface area contributed by atoms with E-state index >= 15 is 0 Å². The smallest absolute Gasteiger partial charge is 0.330 e. The van der Waals surface area contributed by atoms with E-state index in [9.17, 15) is 9.46 Å². The minimum atomic E-state index is -3.76. The van der Waals surface area contributed by atoms with Gasteiger partial charge in [0.15, 0.2) is 0 Å². The predicted octanol–water partition coefficient (Wildman–Crippen LogP) is 1.23. The van der Waals surface area contributed by atoms with E-state index in [1.165, 1.54) is 4.67 Å². The van der Waals surface area contributed by atoms with Gasteiger partial charge < -0.3 is 10.6 Å². The van der Waals surface area contributed by atoms with Gasteiger partial charge in [-0.15, -0.1) is 23.2 Å². The van der Waals surface area contributed by atoms with E-state index < -0.39 is 7.75 Å². The summed E-state index contributed by atoms with van der Waals surface area (Å²) < 4.78 is 17.8. The summed E-state index contributed by atoms with van der Waals surface area (Å²) in [5, 5.41) is 0. The zero-order valence-electron chi connectivity index (χ0n) is 8.44. The van der Waals surface area contributed by atoms with Gasteiger partial charge in [-0.1, -0.05) is 0 Å². The topological polar surface area (TPSA) is 75.8 Å². The summed E-state index contributed by atoms with van der Waals surface area (Å²) in [6.07, 6.45) is 0.542. The molecule has 0 aliphatic heterocycles. The van der Waals surface area contributed by atoms with Crippen LogP contribution >= 0.6 is 30.9 Å². The van der Waals surface area contributed by atoms with Gasteiger partial charge in [-0.3, -0.25) is 4.52 Å². The van der Waals surface area contributed by atoms with E-state index in [1.807, 2.05) is 0 Å². The number of halogens is 2. The summed E-state index contributed by atoms with van der Waals surface area (Å²) in [6.45, 7) is 1.12. The molecule has 0 amide bonds. The third-order valence-electron chi connectivity index (χ3n) is 1.65. The highest BCUT2D eigenvalue weighted by molar-refractivity contribution is 7.50. The normalized spacial score (nSPS) is 15.5. The van der Waals surface area contributed by atoms with Crippen molar-refractivity contribution in [3.05, 3.63) is 0 Å². The second-order valence-corrected chi connectivity index (χ2v) is 5.36. The molecule has 0 aliphatic carbocycles.